The Bertz CT molecular complexity index is 1210. The fraction of sp³-hybridized carbons (Fsp3) is 0.200. The highest BCUT2D eigenvalue weighted by atomic mass is 19.1. The van der Waals surface area contributed by atoms with Crippen LogP contribution in [0, 0.1) is 11.6 Å². The van der Waals surface area contributed by atoms with Crippen molar-refractivity contribution in [3.8, 4) is 11.5 Å². The van der Waals surface area contributed by atoms with Gasteiger partial charge in [0.2, 0.25) is 0 Å². The lowest BCUT2D eigenvalue weighted by Gasteiger charge is -2.41. The van der Waals surface area contributed by atoms with E-state index in [9.17, 15) is 13.6 Å². The number of para-hydroxylation sites is 3. The van der Waals surface area contributed by atoms with Crippen LogP contribution in [0.5, 0.6) is 11.5 Å². The minimum atomic E-state index is -0.847. The van der Waals surface area contributed by atoms with E-state index in [-0.39, 0.29) is 6.04 Å². The lowest BCUT2D eigenvalue weighted by molar-refractivity contribution is 0.0571. The van der Waals surface area contributed by atoms with Crippen molar-refractivity contribution in [2.75, 3.05) is 19.6 Å². The van der Waals surface area contributed by atoms with E-state index in [1.165, 1.54) is 11.0 Å². The van der Waals surface area contributed by atoms with E-state index in [4.69, 9.17) is 9.73 Å². The van der Waals surface area contributed by atoms with Crippen molar-refractivity contribution in [3.63, 3.8) is 0 Å². The molecule has 1 saturated heterocycles. The molecule has 0 radical (unpaired) electrons. The zero-order valence-corrected chi connectivity index (χ0v) is 17.5. The smallest absolute Gasteiger partial charge is 0.260 e. The number of nitrogens with zero attached hydrogens (tertiary/aromatic N) is 3. The van der Waals surface area contributed by atoms with Gasteiger partial charge in [0.1, 0.15) is 34.5 Å². The topological polar surface area (TPSA) is 45.1 Å². The Balaban J connectivity index is 1.45. The van der Waals surface area contributed by atoms with E-state index in [1.807, 2.05) is 55.5 Å². The minimum absolute atomic E-state index is 0.274. The SMILES string of the molecule is CC1CN(C2=Nc3ccccc3Oc3ccccc32)CCN1C(=O)c1c(F)cccc1F. The van der Waals surface area contributed by atoms with Gasteiger partial charge in [0.25, 0.3) is 5.91 Å². The van der Waals surface area contributed by atoms with E-state index in [1.54, 1.807) is 0 Å². The molecule has 1 unspecified atom stereocenters. The molecule has 0 N–H and O–H groups in total. The third-order valence-electron chi connectivity index (χ3n) is 5.80. The van der Waals surface area contributed by atoms with Gasteiger partial charge in [0, 0.05) is 25.7 Å². The van der Waals surface area contributed by atoms with Crippen LogP contribution in [0.3, 0.4) is 0 Å². The second kappa shape index (κ2) is 8.07. The van der Waals surface area contributed by atoms with Crippen molar-refractivity contribution in [1.29, 1.82) is 0 Å². The van der Waals surface area contributed by atoms with Crippen molar-refractivity contribution in [2.24, 2.45) is 4.99 Å². The number of aliphatic imine (C=N–C) groups is 1. The molecule has 7 heteroatoms. The van der Waals surface area contributed by atoms with E-state index in [2.05, 4.69) is 4.90 Å². The van der Waals surface area contributed by atoms with Crippen LogP contribution >= 0.6 is 0 Å². The van der Waals surface area contributed by atoms with Gasteiger partial charge < -0.3 is 14.5 Å². The standard InChI is InChI=1S/C25H21F2N3O2/c1-16-15-29(13-14-30(16)25(31)23-18(26)8-6-9-19(23)27)24-17-7-2-4-11-21(17)32-22-12-5-3-10-20(22)28-24/h2-12,16H,13-15H2,1H3. The van der Waals surface area contributed by atoms with Crippen LogP contribution in [-0.2, 0) is 0 Å². The maximum Gasteiger partial charge on any atom is 0.260 e. The number of carbonyl (C=O) groups is 1. The summed E-state index contributed by atoms with van der Waals surface area (Å²) in [6.07, 6.45) is 0. The number of amides is 1. The first-order valence-electron chi connectivity index (χ1n) is 10.5. The first-order chi connectivity index (χ1) is 15.5. The second-order valence-corrected chi connectivity index (χ2v) is 7.89. The molecule has 5 nitrogen and oxygen atoms in total. The fourth-order valence-corrected chi connectivity index (χ4v) is 4.21. The molecule has 1 fully saturated rings. The summed E-state index contributed by atoms with van der Waals surface area (Å²) in [6.45, 7) is 3.13. The second-order valence-electron chi connectivity index (χ2n) is 7.89. The van der Waals surface area contributed by atoms with E-state index >= 15 is 0 Å². The normalized spacial score (nSPS) is 17.6. The molecule has 0 aliphatic carbocycles. The van der Waals surface area contributed by atoms with Crippen LogP contribution in [0.4, 0.5) is 14.5 Å². The maximum atomic E-state index is 14.2. The Kier molecular flexibility index (Phi) is 5.09. The summed E-state index contributed by atoms with van der Waals surface area (Å²) in [7, 11) is 0. The van der Waals surface area contributed by atoms with Crippen LogP contribution in [0.2, 0.25) is 0 Å². The van der Waals surface area contributed by atoms with Gasteiger partial charge in [-0.2, -0.15) is 0 Å². The third-order valence-corrected chi connectivity index (χ3v) is 5.80. The number of halogens is 2. The zero-order valence-electron chi connectivity index (χ0n) is 17.5. The van der Waals surface area contributed by atoms with Gasteiger partial charge in [-0.05, 0) is 43.3 Å². The summed E-state index contributed by atoms with van der Waals surface area (Å²) in [5, 5.41) is 0. The quantitative estimate of drug-likeness (QED) is 0.543. The molecule has 3 aromatic carbocycles. The summed E-state index contributed by atoms with van der Waals surface area (Å²) in [5.41, 5.74) is 1.07. The van der Waals surface area contributed by atoms with Crippen LogP contribution in [0.15, 0.2) is 71.7 Å². The average molecular weight is 433 g/mol. The molecule has 3 aromatic rings. The van der Waals surface area contributed by atoms with E-state index < -0.39 is 23.1 Å². The Morgan fingerprint density at radius 1 is 0.938 bits per heavy atom. The van der Waals surface area contributed by atoms with Gasteiger partial charge >= 0.3 is 0 Å². The molecule has 0 spiro atoms. The number of hydrogen-bond acceptors (Lipinski definition) is 4. The largest absolute Gasteiger partial charge is 0.454 e. The molecule has 2 aliphatic heterocycles. The molecule has 162 valence electrons. The molecule has 1 amide bonds. The van der Waals surface area contributed by atoms with Gasteiger partial charge in [-0.25, -0.2) is 13.8 Å². The minimum Gasteiger partial charge on any atom is -0.454 e. The van der Waals surface area contributed by atoms with Crippen LogP contribution < -0.4 is 4.74 Å². The number of hydrogen-bond donors (Lipinski definition) is 0. The number of carbonyl (C=O) groups excluding carboxylic acids is 1. The Hall–Kier alpha value is -3.74. The van der Waals surface area contributed by atoms with Gasteiger partial charge in [-0.3, -0.25) is 4.79 Å². The van der Waals surface area contributed by atoms with Crippen LogP contribution in [-0.4, -0.2) is 47.2 Å². The summed E-state index contributed by atoms with van der Waals surface area (Å²) in [4.78, 5) is 21.4. The van der Waals surface area contributed by atoms with Crippen LogP contribution in [0.1, 0.15) is 22.8 Å². The number of amidine groups is 1. The van der Waals surface area contributed by atoms with Crippen molar-refractivity contribution in [3.05, 3.63) is 89.5 Å². The lowest BCUT2D eigenvalue weighted by atomic mass is 10.1. The molecule has 0 bridgehead atoms. The Labute approximate surface area is 184 Å². The summed E-state index contributed by atoms with van der Waals surface area (Å²) < 4.78 is 34.4. The number of rotatable bonds is 1. The van der Waals surface area contributed by atoms with Crippen molar-refractivity contribution < 1.29 is 18.3 Å². The van der Waals surface area contributed by atoms with Gasteiger partial charge in [-0.15, -0.1) is 0 Å². The molecule has 32 heavy (non-hydrogen) atoms. The number of ether oxygens (including phenoxy) is 1. The van der Waals surface area contributed by atoms with Gasteiger partial charge in [0.05, 0.1) is 5.56 Å². The molecule has 2 heterocycles. The van der Waals surface area contributed by atoms with Crippen molar-refractivity contribution >= 4 is 17.4 Å². The highest BCUT2D eigenvalue weighted by molar-refractivity contribution is 6.04. The molecule has 2 aliphatic rings. The zero-order chi connectivity index (χ0) is 22.2. The maximum absolute atomic E-state index is 14.2. The van der Waals surface area contributed by atoms with E-state index in [0.717, 1.165) is 29.2 Å². The molecular formula is C25H21F2N3O2. The molecule has 0 aromatic heterocycles. The highest BCUT2D eigenvalue weighted by Crippen LogP contribution is 2.38. The average Bonchev–Trinajstić information content (AvgIpc) is 2.95. The first kappa shape index (κ1) is 20.2. The van der Waals surface area contributed by atoms with Gasteiger partial charge in [-0.1, -0.05) is 30.3 Å². The predicted octanol–water partition coefficient (Wildman–Crippen LogP) is 5.00. The third kappa shape index (κ3) is 3.49. The van der Waals surface area contributed by atoms with Crippen molar-refractivity contribution in [1.82, 2.24) is 9.80 Å². The number of piperazine rings is 1. The first-order valence-corrected chi connectivity index (χ1v) is 10.5. The Morgan fingerprint density at radius 2 is 1.62 bits per heavy atom. The summed E-state index contributed by atoms with van der Waals surface area (Å²) in [6, 6.07) is 18.5. The Morgan fingerprint density at radius 3 is 2.38 bits per heavy atom. The highest BCUT2D eigenvalue weighted by Gasteiger charge is 2.33. The summed E-state index contributed by atoms with van der Waals surface area (Å²) in [5.74, 6) is -0.199. The molecular weight excluding hydrogens is 412 g/mol. The number of benzene rings is 3. The molecule has 1 atom stereocenters. The number of fused-ring (bicyclic) bond motifs is 2. The summed E-state index contributed by atoms with van der Waals surface area (Å²) >= 11 is 0. The lowest BCUT2D eigenvalue weighted by Crippen LogP contribution is -2.55. The monoisotopic (exact) mass is 433 g/mol. The molecule has 0 saturated carbocycles. The van der Waals surface area contributed by atoms with Crippen molar-refractivity contribution in [2.45, 2.75) is 13.0 Å². The predicted molar refractivity (Wildman–Crippen MR) is 118 cm³/mol. The molecule has 5 rings (SSSR count). The van der Waals surface area contributed by atoms with E-state index in [0.29, 0.717) is 31.1 Å². The van der Waals surface area contributed by atoms with Crippen LogP contribution in [0.25, 0.3) is 0 Å². The van der Waals surface area contributed by atoms with Gasteiger partial charge in [0.15, 0.2) is 5.75 Å². The fourth-order valence-electron chi connectivity index (χ4n) is 4.21.